The van der Waals surface area contributed by atoms with Gasteiger partial charge in [-0.3, -0.25) is 0 Å². The summed E-state index contributed by atoms with van der Waals surface area (Å²) in [6.07, 6.45) is 1.66. The van der Waals surface area contributed by atoms with Crippen LogP contribution in [-0.4, -0.2) is 38.9 Å². The molecule has 1 unspecified atom stereocenters. The van der Waals surface area contributed by atoms with Gasteiger partial charge in [-0.1, -0.05) is 115 Å². The van der Waals surface area contributed by atoms with Gasteiger partial charge in [-0.25, -0.2) is 17.9 Å². The first-order valence-electron chi connectivity index (χ1n) is 15.9. The lowest BCUT2D eigenvalue weighted by Gasteiger charge is -2.27. The van der Waals surface area contributed by atoms with Gasteiger partial charge in [-0.05, 0) is 60.0 Å². The van der Waals surface area contributed by atoms with Crippen LogP contribution in [-0.2, 0) is 21.2 Å². The second-order valence-electron chi connectivity index (χ2n) is 11.5. The van der Waals surface area contributed by atoms with Crippen molar-refractivity contribution in [1.82, 2.24) is 9.29 Å². The average molecular weight is 695 g/mol. The molecule has 6 aromatic rings. The van der Waals surface area contributed by atoms with Gasteiger partial charge in [0.25, 0.3) is 0 Å². The molecule has 0 aliphatic carbocycles. The molecule has 49 heavy (non-hydrogen) atoms. The Morgan fingerprint density at radius 1 is 0.796 bits per heavy atom. The van der Waals surface area contributed by atoms with Crippen LogP contribution in [0.3, 0.4) is 0 Å². The third-order valence-electron chi connectivity index (χ3n) is 7.97. The lowest BCUT2D eigenvalue weighted by molar-refractivity contribution is 0.0600. The maximum Gasteiger partial charge on any atom is 0.337 e. The number of hydrogen-bond acceptors (Lipinski definition) is 5. The number of nitrogens with one attached hydrogen (secondary N) is 1. The van der Waals surface area contributed by atoms with Gasteiger partial charge in [0.1, 0.15) is 5.75 Å². The largest absolute Gasteiger partial charge is 0.493 e. The van der Waals surface area contributed by atoms with E-state index in [2.05, 4.69) is 33.6 Å². The molecule has 0 aliphatic rings. The number of ether oxygens (including phenoxy) is 2. The first-order valence-corrected chi connectivity index (χ1v) is 18.1. The minimum Gasteiger partial charge on any atom is -0.493 e. The van der Waals surface area contributed by atoms with E-state index in [4.69, 9.17) is 21.1 Å². The third kappa shape index (κ3) is 9.18. The number of carbonyl (C=O) groups is 1. The minimum atomic E-state index is -3.54. The van der Waals surface area contributed by atoms with Crippen molar-refractivity contribution in [2.45, 2.75) is 25.4 Å². The third-order valence-corrected chi connectivity index (χ3v) is 8.98. The summed E-state index contributed by atoms with van der Waals surface area (Å²) in [7, 11) is -2.20. The predicted molar refractivity (Wildman–Crippen MR) is 197 cm³/mol. The highest BCUT2D eigenvalue weighted by Gasteiger charge is 2.29. The molecular weight excluding hydrogens is 656 g/mol. The molecule has 0 fully saturated rings. The average Bonchev–Trinajstić information content (AvgIpc) is 3.42. The zero-order valence-corrected chi connectivity index (χ0v) is 29.2. The van der Waals surface area contributed by atoms with Crippen molar-refractivity contribution >= 4 is 38.5 Å². The number of carbonyl (C=O) groups excluding carboxylic acids is 1. The van der Waals surface area contributed by atoms with Crippen LogP contribution in [0, 0.1) is 0 Å². The number of nitrogens with zero attached hydrogens (tertiary/aromatic N) is 1. The SMILES string of the molecule is COC(=O)c1ccc(OCCc2c(C(C)NS(C)(=O)=O)n(C(c3ccccc3)c3ccccc3)c3cc(Cl)ccc23)cc1.c1ccccc1. The molecule has 1 N–H and O–H groups in total. The van der Waals surface area contributed by atoms with E-state index in [-0.39, 0.29) is 6.04 Å². The monoisotopic (exact) mass is 694 g/mol. The van der Waals surface area contributed by atoms with E-state index in [9.17, 15) is 13.2 Å². The van der Waals surface area contributed by atoms with Crippen LogP contribution in [0.25, 0.3) is 10.9 Å². The fraction of sp³-hybridized carbons (Fsp3) is 0.175. The number of hydrogen-bond donors (Lipinski definition) is 1. The fourth-order valence-electron chi connectivity index (χ4n) is 5.98. The zero-order chi connectivity index (χ0) is 34.8. The topological polar surface area (TPSA) is 86.6 Å². The van der Waals surface area contributed by atoms with Crippen molar-refractivity contribution < 1.29 is 22.7 Å². The van der Waals surface area contributed by atoms with Crippen LogP contribution in [0.1, 0.15) is 51.7 Å². The van der Waals surface area contributed by atoms with Gasteiger partial charge in [-0.2, -0.15) is 0 Å². The summed E-state index contributed by atoms with van der Waals surface area (Å²) in [6, 6.07) is 44.0. The second-order valence-corrected chi connectivity index (χ2v) is 13.7. The van der Waals surface area contributed by atoms with Gasteiger partial charge < -0.3 is 14.0 Å². The molecule has 5 aromatic carbocycles. The van der Waals surface area contributed by atoms with Gasteiger partial charge in [0, 0.05) is 22.5 Å². The van der Waals surface area contributed by atoms with Gasteiger partial charge in [-0.15, -0.1) is 0 Å². The van der Waals surface area contributed by atoms with E-state index in [1.165, 1.54) is 13.4 Å². The number of aromatic nitrogens is 1. The van der Waals surface area contributed by atoms with Crippen LogP contribution in [0.2, 0.25) is 5.02 Å². The van der Waals surface area contributed by atoms with Crippen LogP contribution >= 0.6 is 11.6 Å². The van der Waals surface area contributed by atoms with Crippen LogP contribution < -0.4 is 9.46 Å². The highest BCUT2D eigenvalue weighted by molar-refractivity contribution is 7.88. The minimum absolute atomic E-state index is 0.261. The van der Waals surface area contributed by atoms with Crippen molar-refractivity contribution in [1.29, 1.82) is 0 Å². The molecule has 9 heteroatoms. The van der Waals surface area contributed by atoms with E-state index in [1.807, 2.05) is 97.9 Å². The van der Waals surface area contributed by atoms with Crippen molar-refractivity contribution in [2.24, 2.45) is 0 Å². The summed E-state index contributed by atoms with van der Waals surface area (Å²) in [4.78, 5) is 11.8. The molecule has 0 spiro atoms. The summed E-state index contributed by atoms with van der Waals surface area (Å²) >= 11 is 6.58. The van der Waals surface area contributed by atoms with E-state index in [0.717, 1.165) is 33.3 Å². The Hall–Kier alpha value is -4.89. The molecule has 252 valence electrons. The Bertz CT molecular complexity index is 2000. The number of halogens is 1. The van der Waals surface area contributed by atoms with E-state index >= 15 is 0 Å². The quantitative estimate of drug-likeness (QED) is 0.137. The van der Waals surface area contributed by atoms with Crippen molar-refractivity contribution in [3.63, 3.8) is 0 Å². The van der Waals surface area contributed by atoms with E-state index < -0.39 is 22.0 Å². The number of rotatable bonds is 11. The first kappa shape index (κ1) is 35.4. The fourth-order valence-corrected chi connectivity index (χ4v) is 6.90. The standard InChI is InChI=1S/C34H33ClN2O5S.C6H6/c1-23(36-43(3,39)40)32-30(20-21-42-28-17-14-26(15-18-28)34(38)41-2)29-19-16-27(35)22-31(29)37(32)33(24-10-6-4-7-11-24)25-12-8-5-9-13-25;1-2-4-6-5-3-1/h4-19,22-23,33,36H,20-21H2,1-3H3;1-6H. The number of methoxy groups -OCH3 is 1. The molecule has 0 bridgehead atoms. The second kappa shape index (κ2) is 16.5. The van der Waals surface area contributed by atoms with Gasteiger partial charge >= 0.3 is 5.97 Å². The maximum absolute atomic E-state index is 12.5. The Kier molecular flexibility index (Phi) is 11.9. The number of benzene rings is 5. The summed E-state index contributed by atoms with van der Waals surface area (Å²) in [6.45, 7) is 2.18. The van der Waals surface area contributed by atoms with E-state index in [0.29, 0.717) is 29.4 Å². The molecule has 0 amide bonds. The van der Waals surface area contributed by atoms with Crippen molar-refractivity contribution in [3.05, 3.63) is 172 Å². The normalized spacial score (nSPS) is 11.9. The molecule has 1 atom stereocenters. The van der Waals surface area contributed by atoms with Crippen LogP contribution in [0.5, 0.6) is 5.75 Å². The smallest absolute Gasteiger partial charge is 0.337 e. The Morgan fingerprint density at radius 3 is 1.84 bits per heavy atom. The predicted octanol–water partition coefficient (Wildman–Crippen LogP) is 8.64. The molecule has 1 aromatic heterocycles. The maximum atomic E-state index is 12.5. The molecule has 0 saturated carbocycles. The molecule has 0 aliphatic heterocycles. The molecule has 7 nitrogen and oxygen atoms in total. The summed E-state index contributed by atoms with van der Waals surface area (Å²) in [5.74, 6) is 0.191. The lowest BCUT2D eigenvalue weighted by Crippen LogP contribution is -2.29. The first-order chi connectivity index (χ1) is 23.7. The number of sulfonamides is 1. The Balaban J connectivity index is 0.000000704. The highest BCUT2D eigenvalue weighted by Crippen LogP contribution is 2.40. The number of fused-ring (bicyclic) bond motifs is 1. The highest BCUT2D eigenvalue weighted by atomic mass is 35.5. The van der Waals surface area contributed by atoms with Crippen LogP contribution in [0.15, 0.2) is 140 Å². The van der Waals surface area contributed by atoms with Gasteiger partial charge in [0.05, 0.1) is 43.1 Å². The number of esters is 1. The summed E-state index contributed by atoms with van der Waals surface area (Å²) < 4.78 is 40.9. The Morgan fingerprint density at radius 2 is 1.33 bits per heavy atom. The molecule has 0 radical (unpaired) electrons. The van der Waals surface area contributed by atoms with E-state index in [1.54, 1.807) is 24.3 Å². The zero-order valence-electron chi connectivity index (χ0n) is 27.6. The van der Waals surface area contributed by atoms with Crippen LogP contribution in [0.4, 0.5) is 0 Å². The molecular formula is C40H39ClN2O5S. The molecule has 6 rings (SSSR count). The summed E-state index contributed by atoms with van der Waals surface area (Å²) in [5, 5.41) is 1.54. The summed E-state index contributed by atoms with van der Waals surface area (Å²) in [5.41, 5.74) is 5.20. The molecule has 1 heterocycles. The van der Waals surface area contributed by atoms with Gasteiger partial charge in [0.15, 0.2) is 0 Å². The Labute approximate surface area is 293 Å². The van der Waals surface area contributed by atoms with Gasteiger partial charge in [0.2, 0.25) is 10.0 Å². The van der Waals surface area contributed by atoms with Crippen molar-refractivity contribution in [2.75, 3.05) is 20.0 Å². The lowest BCUT2D eigenvalue weighted by atomic mass is 9.97. The molecule has 0 saturated heterocycles. The van der Waals surface area contributed by atoms with Crippen molar-refractivity contribution in [3.8, 4) is 5.75 Å².